The molecule has 0 saturated carbocycles. The van der Waals surface area contributed by atoms with Crippen LogP contribution in [0.2, 0.25) is 0 Å². The van der Waals surface area contributed by atoms with E-state index in [1.54, 1.807) is 11.9 Å². The Labute approximate surface area is 123 Å². The zero-order chi connectivity index (χ0) is 15.1. The Balaban J connectivity index is 1.77. The van der Waals surface area contributed by atoms with Crippen LogP contribution >= 0.6 is 0 Å². The summed E-state index contributed by atoms with van der Waals surface area (Å²) in [6.45, 7) is 0.885. The van der Waals surface area contributed by atoms with Crippen molar-refractivity contribution < 1.29 is 14.2 Å². The fraction of sp³-hybridized carbons (Fsp3) is 0.312. The lowest BCUT2D eigenvalue weighted by atomic mass is 10.2. The first-order valence-electron chi connectivity index (χ1n) is 6.78. The third-order valence-electron chi connectivity index (χ3n) is 3.01. The van der Waals surface area contributed by atoms with Crippen LogP contribution in [0.15, 0.2) is 48.7 Å². The first-order valence-corrected chi connectivity index (χ1v) is 6.78. The summed E-state index contributed by atoms with van der Waals surface area (Å²) in [7, 11) is 1.69. The Kier molecular flexibility index (Phi) is 5.66. The Hall–Kier alpha value is -1.98. The average molecular weight is 290 g/mol. The molecule has 5 heteroatoms. The number of likely N-dealkylation sites (N-methyl/N-ethyl adjacent to an activating group) is 1. The van der Waals surface area contributed by atoms with E-state index in [4.69, 9.17) is 4.74 Å². The average Bonchev–Trinajstić information content (AvgIpc) is 2.48. The van der Waals surface area contributed by atoms with Gasteiger partial charge in [-0.2, -0.15) is 0 Å². The molecule has 1 heterocycles. The monoisotopic (exact) mass is 290 g/mol. The molecule has 1 aromatic carbocycles. The highest BCUT2D eigenvalue weighted by Crippen LogP contribution is 2.13. The summed E-state index contributed by atoms with van der Waals surface area (Å²) in [5, 5.41) is 9.93. The zero-order valence-corrected chi connectivity index (χ0v) is 11.9. The number of halogens is 1. The third kappa shape index (κ3) is 4.81. The predicted molar refractivity (Wildman–Crippen MR) is 79.6 cm³/mol. The summed E-state index contributed by atoms with van der Waals surface area (Å²) >= 11 is 0. The quantitative estimate of drug-likeness (QED) is 0.849. The van der Waals surface area contributed by atoms with Crippen LogP contribution in [-0.2, 0) is 11.3 Å². The normalized spacial score (nSPS) is 12.1. The minimum atomic E-state index is -0.708. The van der Waals surface area contributed by atoms with Gasteiger partial charge in [-0.25, -0.2) is 9.37 Å². The lowest BCUT2D eigenvalue weighted by Crippen LogP contribution is -2.33. The summed E-state index contributed by atoms with van der Waals surface area (Å²) in [6.07, 6.45) is 0.813. The lowest BCUT2D eigenvalue weighted by Gasteiger charge is -2.22. The number of anilines is 1. The van der Waals surface area contributed by atoms with E-state index in [1.165, 1.54) is 18.3 Å². The molecule has 1 N–H and O–H groups in total. The second-order valence-corrected chi connectivity index (χ2v) is 4.84. The summed E-state index contributed by atoms with van der Waals surface area (Å²) in [5.74, 6) is -0.183. The molecular formula is C16H19FN2O2. The number of aliphatic hydroxyl groups is 1. The van der Waals surface area contributed by atoms with E-state index >= 15 is 0 Å². The van der Waals surface area contributed by atoms with E-state index < -0.39 is 11.9 Å². The number of pyridine rings is 1. The highest BCUT2D eigenvalue weighted by atomic mass is 19.1. The minimum absolute atomic E-state index is 0.188. The fourth-order valence-electron chi connectivity index (χ4n) is 2.00. The summed E-state index contributed by atoms with van der Waals surface area (Å²) in [4.78, 5) is 5.53. The molecular weight excluding hydrogens is 271 g/mol. The molecule has 1 unspecified atom stereocenters. The SMILES string of the molecule is CN(CC(O)COCc1ccccc1)c1ncccc1F. The van der Waals surface area contributed by atoms with E-state index in [0.29, 0.717) is 6.61 Å². The molecule has 0 radical (unpaired) electrons. The molecule has 0 aliphatic heterocycles. The maximum atomic E-state index is 13.5. The van der Waals surface area contributed by atoms with Crippen molar-refractivity contribution in [3.63, 3.8) is 0 Å². The van der Waals surface area contributed by atoms with Gasteiger partial charge in [0.2, 0.25) is 0 Å². The molecule has 2 aromatic rings. The Morgan fingerprint density at radius 2 is 2.00 bits per heavy atom. The van der Waals surface area contributed by atoms with Crippen molar-refractivity contribution in [2.75, 3.05) is 25.1 Å². The Morgan fingerprint density at radius 3 is 2.71 bits per heavy atom. The van der Waals surface area contributed by atoms with E-state index in [1.807, 2.05) is 30.3 Å². The van der Waals surface area contributed by atoms with E-state index in [-0.39, 0.29) is 19.0 Å². The van der Waals surface area contributed by atoms with Crippen LogP contribution in [0.1, 0.15) is 5.56 Å². The van der Waals surface area contributed by atoms with Crippen LogP contribution in [0.4, 0.5) is 10.2 Å². The van der Waals surface area contributed by atoms with Crippen LogP contribution in [0.5, 0.6) is 0 Å². The summed E-state index contributed by atoms with van der Waals surface area (Å²) in [5.41, 5.74) is 1.05. The van der Waals surface area contributed by atoms with Crippen molar-refractivity contribution in [2.24, 2.45) is 0 Å². The number of benzene rings is 1. The second kappa shape index (κ2) is 7.71. The molecule has 0 saturated heterocycles. The van der Waals surface area contributed by atoms with Crippen molar-refractivity contribution in [3.05, 3.63) is 60.0 Å². The number of ether oxygens (including phenoxy) is 1. The van der Waals surface area contributed by atoms with Crippen molar-refractivity contribution in [1.82, 2.24) is 4.98 Å². The number of aromatic nitrogens is 1. The van der Waals surface area contributed by atoms with Crippen molar-refractivity contribution in [1.29, 1.82) is 0 Å². The van der Waals surface area contributed by atoms with Gasteiger partial charge in [-0.3, -0.25) is 0 Å². The molecule has 0 fully saturated rings. The molecule has 0 amide bonds. The van der Waals surface area contributed by atoms with Gasteiger partial charge in [0.15, 0.2) is 11.6 Å². The van der Waals surface area contributed by atoms with Gasteiger partial charge in [0.1, 0.15) is 0 Å². The predicted octanol–water partition coefficient (Wildman–Crippen LogP) is 2.23. The number of aliphatic hydroxyl groups excluding tert-OH is 1. The first-order chi connectivity index (χ1) is 10.2. The molecule has 21 heavy (non-hydrogen) atoms. The van der Waals surface area contributed by atoms with Crippen molar-refractivity contribution >= 4 is 5.82 Å². The molecule has 112 valence electrons. The molecule has 0 aliphatic carbocycles. The molecule has 0 aliphatic rings. The highest BCUT2D eigenvalue weighted by Gasteiger charge is 2.13. The van der Waals surface area contributed by atoms with Gasteiger partial charge in [-0.15, -0.1) is 0 Å². The smallest absolute Gasteiger partial charge is 0.165 e. The van der Waals surface area contributed by atoms with Crippen LogP contribution in [0, 0.1) is 5.82 Å². The Bertz CT molecular complexity index is 551. The number of hydrogen-bond donors (Lipinski definition) is 1. The maximum Gasteiger partial charge on any atom is 0.165 e. The van der Waals surface area contributed by atoms with Gasteiger partial charge in [0.25, 0.3) is 0 Å². The van der Waals surface area contributed by atoms with Crippen LogP contribution in [0.25, 0.3) is 0 Å². The molecule has 0 bridgehead atoms. The maximum absolute atomic E-state index is 13.5. The number of nitrogens with zero attached hydrogens (tertiary/aromatic N) is 2. The van der Waals surface area contributed by atoms with Crippen molar-refractivity contribution in [3.8, 4) is 0 Å². The fourth-order valence-corrected chi connectivity index (χ4v) is 2.00. The van der Waals surface area contributed by atoms with Gasteiger partial charge < -0.3 is 14.7 Å². The van der Waals surface area contributed by atoms with Crippen LogP contribution in [-0.4, -0.2) is 36.4 Å². The Morgan fingerprint density at radius 1 is 1.24 bits per heavy atom. The molecule has 1 atom stereocenters. The van der Waals surface area contributed by atoms with Gasteiger partial charge in [-0.05, 0) is 17.7 Å². The molecule has 4 nitrogen and oxygen atoms in total. The van der Waals surface area contributed by atoms with E-state index in [9.17, 15) is 9.50 Å². The summed E-state index contributed by atoms with van der Waals surface area (Å²) in [6, 6.07) is 12.6. The van der Waals surface area contributed by atoms with Gasteiger partial charge in [0.05, 0.1) is 19.3 Å². The van der Waals surface area contributed by atoms with Gasteiger partial charge in [-0.1, -0.05) is 30.3 Å². The first kappa shape index (κ1) is 15.4. The number of rotatable bonds is 7. The van der Waals surface area contributed by atoms with Crippen LogP contribution in [0.3, 0.4) is 0 Å². The number of hydrogen-bond acceptors (Lipinski definition) is 4. The summed E-state index contributed by atoms with van der Waals surface area (Å²) < 4.78 is 19.0. The standard InChI is InChI=1S/C16H19FN2O2/c1-19(16-15(17)8-5-9-18-16)10-14(20)12-21-11-13-6-3-2-4-7-13/h2-9,14,20H,10-12H2,1H3. The minimum Gasteiger partial charge on any atom is -0.389 e. The molecule has 2 rings (SSSR count). The van der Waals surface area contributed by atoms with E-state index in [2.05, 4.69) is 4.98 Å². The molecule has 1 aromatic heterocycles. The van der Waals surface area contributed by atoms with E-state index in [0.717, 1.165) is 5.56 Å². The van der Waals surface area contributed by atoms with Crippen molar-refractivity contribution in [2.45, 2.75) is 12.7 Å². The highest BCUT2D eigenvalue weighted by molar-refractivity contribution is 5.38. The topological polar surface area (TPSA) is 45.6 Å². The lowest BCUT2D eigenvalue weighted by molar-refractivity contribution is 0.0323. The van der Waals surface area contributed by atoms with Gasteiger partial charge in [0, 0.05) is 19.8 Å². The second-order valence-electron chi connectivity index (χ2n) is 4.84. The van der Waals surface area contributed by atoms with Crippen LogP contribution < -0.4 is 4.90 Å². The third-order valence-corrected chi connectivity index (χ3v) is 3.01. The van der Waals surface area contributed by atoms with Gasteiger partial charge >= 0.3 is 0 Å². The largest absolute Gasteiger partial charge is 0.389 e. The molecule has 0 spiro atoms. The zero-order valence-electron chi connectivity index (χ0n) is 11.9.